The molecule has 1 aliphatic rings. The van der Waals surface area contributed by atoms with E-state index >= 15 is 0 Å². The second-order valence-electron chi connectivity index (χ2n) is 5.38. The number of hydrogen-bond acceptors (Lipinski definition) is 3. The van der Waals surface area contributed by atoms with E-state index in [9.17, 15) is 4.79 Å². The smallest absolute Gasteiger partial charge is 0.272 e. The Labute approximate surface area is 123 Å². The van der Waals surface area contributed by atoms with Crippen molar-refractivity contribution in [2.45, 2.75) is 25.5 Å². The van der Waals surface area contributed by atoms with E-state index in [1.807, 2.05) is 35.0 Å². The summed E-state index contributed by atoms with van der Waals surface area (Å²) in [5, 5.41) is 2.92. The molecule has 21 heavy (non-hydrogen) atoms. The number of methoxy groups -OCH3 is 1. The Morgan fingerprint density at radius 2 is 2.24 bits per heavy atom. The van der Waals surface area contributed by atoms with Crippen LogP contribution in [0.3, 0.4) is 0 Å². The summed E-state index contributed by atoms with van der Waals surface area (Å²) in [6.45, 7) is 0.523. The van der Waals surface area contributed by atoms with Crippen LogP contribution in [-0.4, -0.2) is 17.6 Å². The van der Waals surface area contributed by atoms with E-state index in [1.54, 1.807) is 13.2 Å². The summed E-state index contributed by atoms with van der Waals surface area (Å²) in [4.78, 5) is 12.4. The van der Waals surface area contributed by atoms with Gasteiger partial charge in [0.1, 0.15) is 5.69 Å². The van der Waals surface area contributed by atoms with Gasteiger partial charge in [-0.25, -0.2) is 0 Å². The van der Waals surface area contributed by atoms with Gasteiger partial charge in [0.2, 0.25) is 0 Å². The summed E-state index contributed by atoms with van der Waals surface area (Å²) in [7, 11) is 1.65. The number of aromatic nitrogens is 1. The highest BCUT2D eigenvalue weighted by Gasteiger charge is 2.27. The molecule has 5 heteroatoms. The standard InChI is InChI=1S/C16H19N3O2/c1-21-10-11-3-2-4-13(7-11)18-16(20)15-8-12(17)9-19(15)14-5-6-14/h2-4,7-9,14H,5-6,10,17H2,1H3,(H,18,20). The van der Waals surface area contributed by atoms with Crippen LogP contribution in [0.5, 0.6) is 0 Å². The number of anilines is 2. The largest absolute Gasteiger partial charge is 0.397 e. The van der Waals surface area contributed by atoms with Crippen molar-refractivity contribution in [3.05, 3.63) is 47.8 Å². The molecule has 1 aliphatic carbocycles. The molecule has 0 saturated heterocycles. The van der Waals surface area contributed by atoms with Crippen LogP contribution in [-0.2, 0) is 11.3 Å². The summed E-state index contributed by atoms with van der Waals surface area (Å²) in [6, 6.07) is 9.79. The number of carbonyl (C=O) groups is 1. The predicted molar refractivity (Wildman–Crippen MR) is 82.2 cm³/mol. The quantitative estimate of drug-likeness (QED) is 0.887. The third-order valence-corrected chi connectivity index (χ3v) is 3.54. The zero-order chi connectivity index (χ0) is 14.8. The van der Waals surface area contributed by atoms with E-state index in [-0.39, 0.29) is 5.91 Å². The first-order chi connectivity index (χ1) is 10.2. The molecule has 1 aromatic carbocycles. The first kappa shape index (κ1) is 13.7. The molecule has 0 spiro atoms. The van der Waals surface area contributed by atoms with E-state index in [1.165, 1.54) is 0 Å². The normalized spacial score (nSPS) is 14.1. The molecule has 110 valence electrons. The number of rotatable bonds is 5. The maximum Gasteiger partial charge on any atom is 0.272 e. The van der Waals surface area contributed by atoms with Crippen molar-refractivity contribution in [1.82, 2.24) is 4.57 Å². The van der Waals surface area contributed by atoms with Gasteiger partial charge in [-0.3, -0.25) is 4.79 Å². The summed E-state index contributed by atoms with van der Waals surface area (Å²) < 4.78 is 7.08. The predicted octanol–water partition coefficient (Wildman–Crippen LogP) is 2.80. The zero-order valence-electron chi connectivity index (χ0n) is 12.0. The van der Waals surface area contributed by atoms with Crippen LogP contribution in [0.25, 0.3) is 0 Å². The molecule has 1 heterocycles. The van der Waals surface area contributed by atoms with E-state index in [0.29, 0.717) is 24.0 Å². The van der Waals surface area contributed by atoms with Crippen LogP contribution >= 0.6 is 0 Å². The van der Waals surface area contributed by atoms with Crippen molar-refractivity contribution < 1.29 is 9.53 Å². The second kappa shape index (κ2) is 5.61. The van der Waals surface area contributed by atoms with E-state index in [4.69, 9.17) is 10.5 Å². The molecule has 1 fully saturated rings. The fourth-order valence-corrected chi connectivity index (χ4v) is 2.44. The highest BCUT2D eigenvalue weighted by atomic mass is 16.5. The first-order valence-electron chi connectivity index (χ1n) is 7.04. The molecular formula is C16H19N3O2. The summed E-state index contributed by atoms with van der Waals surface area (Å²) in [5.74, 6) is -0.131. The molecule has 1 amide bonds. The van der Waals surface area contributed by atoms with E-state index < -0.39 is 0 Å². The molecule has 1 saturated carbocycles. The molecule has 0 unspecified atom stereocenters. The molecular weight excluding hydrogens is 266 g/mol. The maximum atomic E-state index is 12.4. The van der Waals surface area contributed by atoms with Crippen LogP contribution in [0.4, 0.5) is 11.4 Å². The van der Waals surface area contributed by atoms with Crippen molar-refractivity contribution in [1.29, 1.82) is 0 Å². The van der Waals surface area contributed by atoms with Crippen LogP contribution < -0.4 is 11.1 Å². The van der Waals surface area contributed by atoms with Crippen LogP contribution in [0.15, 0.2) is 36.5 Å². The summed E-state index contributed by atoms with van der Waals surface area (Å²) >= 11 is 0. The molecule has 3 N–H and O–H groups in total. The van der Waals surface area contributed by atoms with Gasteiger partial charge in [0.25, 0.3) is 5.91 Å². The molecule has 0 radical (unpaired) electrons. The Bertz CT molecular complexity index is 659. The van der Waals surface area contributed by atoms with Crippen molar-refractivity contribution in [2.24, 2.45) is 0 Å². The van der Waals surface area contributed by atoms with Gasteiger partial charge in [0.15, 0.2) is 0 Å². The summed E-state index contributed by atoms with van der Waals surface area (Å²) in [5.41, 5.74) is 8.85. The number of hydrogen-bond donors (Lipinski definition) is 2. The SMILES string of the molecule is COCc1cccc(NC(=O)c2cc(N)cn2C2CC2)c1. The Morgan fingerprint density at radius 1 is 1.43 bits per heavy atom. The van der Waals surface area contributed by atoms with Crippen LogP contribution in [0.2, 0.25) is 0 Å². The fourth-order valence-electron chi connectivity index (χ4n) is 2.44. The minimum absolute atomic E-state index is 0.131. The minimum Gasteiger partial charge on any atom is -0.397 e. The van der Waals surface area contributed by atoms with Gasteiger partial charge in [0, 0.05) is 25.0 Å². The molecule has 3 rings (SSSR count). The lowest BCUT2D eigenvalue weighted by Gasteiger charge is -2.09. The molecule has 1 aromatic heterocycles. The zero-order valence-corrected chi connectivity index (χ0v) is 12.0. The third kappa shape index (κ3) is 3.08. The van der Waals surface area contributed by atoms with Gasteiger partial charge in [-0.05, 0) is 36.6 Å². The number of nitrogens with zero attached hydrogens (tertiary/aromatic N) is 1. The van der Waals surface area contributed by atoms with E-state index in [2.05, 4.69) is 5.32 Å². The Balaban J connectivity index is 1.78. The molecule has 0 atom stereocenters. The topological polar surface area (TPSA) is 69.3 Å². The number of nitrogens with two attached hydrogens (primary N) is 1. The monoisotopic (exact) mass is 285 g/mol. The van der Waals surface area contributed by atoms with Gasteiger partial charge in [-0.15, -0.1) is 0 Å². The Kier molecular flexibility index (Phi) is 3.66. The van der Waals surface area contributed by atoms with Gasteiger partial charge in [-0.1, -0.05) is 12.1 Å². The molecule has 2 aromatic rings. The number of benzene rings is 1. The number of nitrogen functional groups attached to an aromatic ring is 1. The van der Waals surface area contributed by atoms with Crippen molar-refractivity contribution in [2.75, 3.05) is 18.2 Å². The highest BCUT2D eigenvalue weighted by molar-refractivity contribution is 6.04. The van der Waals surface area contributed by atoms with Gasteiger partial charge in [-0.2, -0.15) is 0 Å². The van der Waals surface area contributed by atoms with Crippen molar-refractivity contribution >= 4 is 17.3 Å². The third-order valence-electron chi connectivity index (χ3n) is 3.54. The van der Waals surface area contributed by atoms with Crippen molar-refractivity contribution in [3.63, 3.8) is 0 Å². The lowest BCUT2D eigenvalue weighted by Crippen LogP contribution is -2.16. The minimum atomic E-state index is -0.131. The summed E-state index contributed by atoms with van der Waals surface area (Å²) in [6.07, 6.45) is 4.06. The lowest BCUT2D eigenvalue weighted by atomic mass is 10.2. The average Bonchev–Trinajstić information content (AvgIpc) is 3.22. The highest BCUT2D eigenvalue weighted by Crippen LogP contribution is 2.37. The second-order valence-corrected chi connectivity index (χ2v) is 5.38. The van der Waals surface area contributed by atoms with Gasteiger partial charge >= 0.3 is 0 Å². The van der Waals surface area contributed by atoms with Gasteiger partial charge in [0.05, 0.1) is 12.3 Å². The molecule has 0 aliphatic heterocycles. The first-order valence-corrected chi connectivity index (χ1v) is 7.04. The Hall–Kier alpha value is -2.27. The number of amides is 1. The molecule has 0 bridgehead atoms. The Morgan fingerprint density at radius 3 is 2.95 bits per heavy atom. The van der Waals surface area contributed by atoms with Crippen LogP contribution in [0.1, 0.15) is 34.9 Å². The van der Waals surface area contributed by atoms with Crippen LogP contribution in [0, 0.1) is 0 Å². The number of nitrogens with one attached hydrogen (secondary N) is 1. The van der Waals surface area contributed by atoms with E-state index in [0.717, 1.165) is 24.1 Å². The average molecular weight is 285 g/mol. The molecule has 5 nitrogen and oxygen atoms in total. The number of ether oxygens (including phenoxy) is 1. The fraction of sp³-hybridized carbons (Fsp3) is 0.312. The van der Waals surface area contributed by atoms with Gasteiger partial charge < -0.3 is 20.4 Å². The maximum absolute atomic E-state index is 12.4. The van der Waals surface area contributed by atoms with Crippen molar-refractivity contribution in [3.8, 4) is 0 Å². The lowest BCUT2D eigenvalue weighted by molar-refractivity contribution is 0.101. The number of carbonyl (C=O) groups excluding carboxylic acids is 1.